The van der Waals surface area contributed by atoms with E-state index in [-0.39, 0.29) is 0 Å². The number of guanidine groups is 1. The van der Waals surface area contributed by atoms with Crippen LogP contribution in [0.2, 0.25) is 0 Å². The van der Waals surface area contributed by atoms with Crippen molar-refractivity contribution in [1.29, 1.82) is 0 Å². The summed E-state index contributed by atoms with van der Waals surface area (Å²) in [6, 6.07) is 9.24. The maximum absolute atomic E-state index is 5.45. The van der Waals surface area contributed by atoms with Crippen LogP contribution in [-0.2, 0) is 22.6 Å². The summed E-state index contributed by atoms with van der Waals surface area (Å²) in [5.41, 5.74) is 2.59. The zero-order valence-electron chi connectivity index (χ0n) is 18.0. The Hall–Kier alpha value is -1.67. The summed E-state index contributed by atoms with van der Waals surface area (Å²) in [7, 11) is 0. The van der Waals surface area contributed by atoms with Gasteiger partial charge in [-0.3, -0.25) is 9.80 Å². The molecule has 1 aromatic carbocycles. The van der Waals surface area contributed by atoms with Gasteiger partial charge in [-0.25, -0.2) is 4.99 Å². The SMILES string of the molecule is CCNC(=NCc1cccc(CN2CCOCC2)c1)NCC(C)N1CCOCC1. The molecule has 7 nitrogen and oxygen atoms in total. The van der Waals surface area contributed by atoms with Crippen molar-refractivity contribution in [3.8, 4) is 0 Å². The number of hydrogen-bond acceptors (Lipinski definition) is 5. The fourth-order valence-electron chi connectivity index (χ4n) is 3.75. The molecule has 29 heavy (non-hydrogen) atoms. The molecule has 0 amide bonds. The van der Waals surface area contributed by atoms with Crippen LogP contribution in [0.3, 0.4) is 0 Å². The van der Waals surface area contributed by atoms with Crippen LogP contribution in [0.15, 0.2) is 29.3 Å². The Morgan fingerprint density at radius 2 is 1.72 bits per heavy atom. The van der Waals surface area contributed by atoms with Gasteiger partial charge in [0.05, 0.1) is 33.0 Å². The van der Waals surface area contributed by atoms with E-state index >= 15 is 0 Å². The molecule has 0 aliphatic carbocycles. The van der Waals surface area contributed by atoms with Gasteiger partial charge in [-0.1, -0.05) is 24.3 Å². The van der Waals surface area contributed by atoms with Gasteiger partial charge in [-0.2, -0.15) is 0 Å². The molecule has 1 unspecified atom stereocenters. The van der Waals surface area contributed by atoms with Gasteiger partial charge >= 0.3 is 0 Å². The molecule has 0 spiro atoms. The Balaban J connectivity index is 1.51. The lowest BCUT2D eigenvalue weighted by Crippen LogP contribution is -2.49. The van der Waals surface area contributed by atoms with Crippen LogP contribution in [0.25, 0.3) is 0 Å². The van der Waals surface area contributed by atoms with Gasteiger partial charge in [0.2, 0.25) is 0 Å². The topological polar surface area (TPSA) is 61.4 Å². The highest BCUT2D eigenvalue weighted by molar-refractivity contribution is 5.79. The third-order valence-electron chi connectivity index (χ3n) is 5.50. The summed E-state index contributed by atoms with van der Waals surface area (Å²) in [6.45, 7) is 15.1. The second kappa shape index (κ2) is 12.1. The molecule has 2 aliphatic heterocycles. The van der Waals surface area contributed by atoms with Crippen molar-refractivity contribution in [2.45, 2.75) is 33.0 Å². The van der Waals surface area contributed by atoms with Crippen molar-refractivity contribution in [3.05, 3.63) is 35.4 Å². The monoisotopic (exact) mass is 403 g/mol. The number of hydrogen-bond donors (Lipinski definition) is 2. The lowest BCUT2D eigenvalue weighted by atomic mass is 10.1. The molecule has 0 saturated carbocycles. The zero-order chi connectivity index (χ0) is 20.3. The van der Waals surface area contributed by atoms with Crippen molar-refractivity contribution in [2.24, 2.45) is 4.99 Å². The van der Waals surface area contributed by atoms with Crippen molar-refractivity contribution in [1.82, 2.24) is 20.4 Å². The standard InChI is InChI=1S/C22H37N5O2/c1-3-23-22(24-16-19(2)27-9-13-29-14-10-27)25-17-20-5-4-6-21(15-20)18-26-7-11-28-12-8-26/h4-6,15,19H,3,7-14,16-18H2,1-2H3,(H2,23,24,25). The van der Waals surface area contributed by atoms with Crippen molar-refractivity contribution < 1.29 is 9.47 Å². The predicted molar refractivity (Wildman–Crippen MR) is 117 cm³/mol. The maximum Gasteiger partial charge on any atom is 0.191 e. The highest BCUT2D eigenvalue weighted by atomic mass is 16.5. The quantitative estimate of drug-likeness (QED) is 0.504. The Bertz CT molecular complexity index is 627. The minimum Gasteiger partial charge on any atom is -0.379 e. The van der Waals surface area contributed by atoms with E-state index < -0.39 is 0 Å². The van der Waals surface area contributed by atoms with Gasteiger partial charge < -0.3 is 20.1 Å². The van der Waals surface area contributed by atoms with Crippen molar-refractivity contribution >= 4 is 5.96 Å². The van der Waals surface area contributed by atoms with E-state index in [9.17, 15) is 0 Å². The van der Waals surface area contributed by atoms with Crippen LogP contribution < -0.4 is 10.6 Å². The lowest BCUT2D eigenvalue weighted by molar-refractivity contribution is 0.0211. The molecule has 0 aromatic heterocycles. The van der Waals surface area contributed by atoms with Crippen LogP contribution in [0.5, 0.6) is 0 Å². The minimum absolute atomic E-state index is 0.458. The summed E-state index contributed by atoms with van der Waals surface area (Å²) < 4.78 is 10.9. The summed E-state index contributed by atoms with van der Waals surface area (Å²) in [5, 5.41) is 6.87. The van der Waals surface area contributed by atoms with Gasteiger partial charge in [-0.15, -0.1) is 0 Å². The number of morpholine rings is 2. The average molecular weight is 404 g/mol. The molecule has 1 aromatic rings. The fourth-order valence-corrected chi connectivity index (χ4v) is 3.75. The Morgan fingerprint density at radius 1 is 1.03 bits per heavy atom. The first-order valence-corrected chi connectivity index (χ1v) is 11.0. The van der Waals surface area contributed by atoms with E-state index in [2.05, 4.69) is 58.5 Å². The smallest absolute Gasteiger partial charge is 0.191 e. The van der Waals surface area contributed by atoms with Crippen molar-refractivity contribution in [2.75, 3.05) is 65.7 Å². The Labute approximate surface area is 175 Å². The van der Waals surface area contributed by atoms with Crippen LogP contribution in [0.4, 0.5) is 0 Å². The molecule has 1 atom stereocenters. The van der Waals surface area contributed by atoms with E-state index in [0.717, 1.165) is 78.2 Å². The van der Waals surface area contributed by atoms with Gasteiger partial charge in [0, 0.05) is 51.9 Å². The summed E-state index contributed by atoms with van der Waals surface area (Å²) in [4.78, 5) is 9.72. The third kappa shape index (κ3) is 7.59. The number of nitrogens with zero attached hydrogens (tertiary/aromatic N) is 3. The van der Waals surface area contributed by atoms with Gasteiger partial charge in [0.1, 0.15) is 0 Å². The Kier molecular flexibility index (Phi) is 9.21. The maximum atomic E-state index is 5.45. The largest absolute Gasteiger partial charge is 0.379 e. The molecule has 0 bridgehead atoms. The summed E-state index contributed by atoms with van der Waals surface area (Å²) >= 11 is 0. The van der Waals surface area contributed by atoms with Crippen LogP contribution in [0.1, 0.15) is 25.0 Å². The molecule has 2 saturated heterocycles. The van der Waals surface area contributed by atoms with E-state index in [1.165, 1.54) is 11.1 Å². The zero-order valence-corrected chi connectivity index (χ0v) is 18.0. The number of nitrogens with one attached hydrogen (secondary N) is 2. The van der Waals surface area contributed by atoms with E-state index in [1.807, 2.05) is 0 Å². The molecular formula is C22H37N5O2. The number of benzene rings is 1. The highest BCUT2D eigenvalue weighted by Crippen LogP contribution is 2.11. The first kappa shape index (κ1) is 22.0. The minimum atomic E-state index is 0.458. The molecule has 162 valence electrons. The van der Waals surface area contributed by atoms with Crippen LogP contribution >= 0.6 is 0 Å². The van der Waals surface area contributed by atoms with E-state index in [1.54, 1.807) is 0 Å². The number of rotatable bonds is 8. The molecular weight excluding hydrogens is 366 g/mol. The molecule has 2 fully saturated rings. The lowest BCUT2D eigenvalue weighted by Gasteiger charge is -2.32. The fraction of sp³-hybridized carbons (Fsp3) is 0.682. The first-order chi connectivity index (χ1) is 14.2. The highest BCUT2D eigenvalue weighted by Gasteiger charge is 2.17. The van der Waals surface area contributed by atoms with E-state index in [0.29, 0.717) is 12.6 Å². The second-order valence-electron chi connectivity index (χ2n) is 7.78. The van der Waals surface area contributed by atoms with Crippen molar-refractivity contribution in [3.63, 3.8) is 0 Å². The average Bonchev–Trinajstić information content (AvgIpc) is 2.77. The molecule has 3 rings (SSSR count). The molecule has 2 aliphatic rings. The molecule has 0 radical (unpaired) electrons. The van der Waals surface area contributed by atoms with E-state index in [4.69, 9.17) is 14.5 Å². The number of aliphatic imine (C=N–C) groups is 1. The normalized spacial score (nSPS) is 20.4. The molecule has 2 N–H and O–H groups in total. The predicted octanol–water partition coefficient (Wildman–Crippen LogP) is 1.29. The summed E-state index contributed by atoms with van der Waals surface area (Å²) in [5.74, 6) is 0.881. The van der Waals surface area contributed by atoms with Crippen LogP contribution in [-0.4, -0.2) is 87.5 Å². The second-order valence-corrected chi connectivity index (χ2v) is 7.78. The molecule has 2 heterocycles. The molecule has 7 heteroatoms. The van der Waals surface area contributed by atoms with Gasteiger partial charge in [0.25, 0.3) is 0 Å². The first-order valence-electron chi connectivity index (χ1n) is 11.0. The third-order valence-corrected chi connectivity index (χ3v) is 5.50. The van der Waals surface area contributed by atoms with Gasteiger partial charge in [0.15, 0.2) is 5.96 Å². The number of ether oxygens (including phenoxy) is 2. The van der Waals surface area contributed by atoms with Gasteiger partial charge in [-0.05, 0) is 25.0 Å². The Morgan fingerprint density at radius 3 is 2.45 bits per heavy atom. The van der Waals surface area contributed by atoms with Crippen LogP contribution in [0, 0.1) is 0 Å². The summed E-state index contributed by atoms with van der Waals surface area (Å²) in [6.07, 6.45) is 0.